The Labute approximate surface area is 157 Å². The average molecular weight is 399 g/mol. The van der Waals surface area contributed by atoms with E-state index in [9.17, 15) is 18.8 Å². The van der Waals surface area contributed by atoms with E-state index in [-0.39, 0.29) is 5.57 Å². The van der Waals surface area contributed by atoms with Crippen molar-refractivity contribution in [3.8, 4) is 6.07 Å². The second-order valence-corrected chi connectivity index (χ2v) is 6.54. The van der Waals surface area contributed by atoms with Crippen molar-refractivity contribution >= 4 is 52.6 Å². The third-order valence-corrected chi connectivity index (χ3v) is 4.37. The van der Waals surface area contributed by atoms with Crippen LogP contribution in [0.15, 0.2) is 52.9 Å². The predicted molar refractivity (Wildman–Crippen MR) is 97.0 cm³/mol. The van der Waals surface area contributed by atoms with Crippen molar-refractivity contribution in [2.75, 3.05) is 5.32 Å². The van der Waals surface area contributed by atoms with Gasteiger partial charge >= 0.3 is 0 Å². The van der Waals surface area contributed by atoms with Gasteiger partial charge in [0, 0.05) is 26.2 Å². The SMILES string of the molecule is N#C/C(=C\c1c(Cl)cccc1Cl)C(=O)Nc1ccc(SC(F)F)cc1. The number of hydrogen-bond donors (Lipinski definition) is 1. The van der Waals surface area contributed by atoms with Crippen molar-refractivity contribution in [2.45, 2.75) is 10.7 Å². The van der Waals surface area contributed by atoms with E-state index in [0.29, 0.717) is 38.0 Å². The van der Waals surface area contributed by atoms with Crippen LogP contribution in [-0.2, 0) is 4.79 Å². The number of anilines is 1. The fourth-order valence-electron chi connectivity index (χ4n) is 1.86. The minimum absolute atomic E-state index is 0.193. The number of alkyl halides is 2. The van der Waals surface area contributed by atoms with E-state index in [0.717, 1.165) is 0 Å². The largest absolute Gasteiger partial charge is 0.321 e. The number of benzene rings is 2. The number of nitrogens with zero attached hydrogens (tertiary/aromatic N) is 1. The summed E-state index contributed by atoms with van der Waals surface area (Å²) in [6, 6.07) is 12.5. The van der Waals surface area contributed by atoms with Crippen LogP contribution < -0.4 is 5.32 Å². The normalized spacial score (nSPS) is 11.3. The molecule has 0 aliphatic carbocycles. The van der Waals surface area contributed by atoms with Gasteiger partial charge in [0.1, 0.15) is 11.6 Å². The van der Waals surface area contributed by atoms with Crippen LogP contribution in [0.25, 0.3) is 6.08 Å². The van der Waals surface area contributed by atoms with Gasteiger partial charge in [-0.25, -0.2) is 0 Å². The lowest BCUT2D eigenvalue weighted by Crippen LogP contribution is -2.13. The van der Waals surface area contributed by atoms with Crippen molar-refractivity contribution in [3.63, 3.8) is 0 Å². The number of hydrogen-bond acceptors (Lipinski definition) is 3. The van der Waals surface area contributed by atoms with Crippen molar-refractivity contribution in [2.24, 2.45) is 0 Å². The van der Waals surface area contributed by atoms with Gasteiger partial charge in [-0.05, 0) is 42.5 Å². The van der Waals surface area contributed by atoms with Crippen molar-refractivity contribution in [3.05, 3.63) is 63.6 Å². The molecule has 3 nitrogen and oxygen atoms in total. The molecule has 0 spiro atoms. The smallest absolute Gasteiger partial charge is 0.288 e. The molecule has 2 aromatic rings. The molecule has 1 amide bonds. The van der Waals surface area contributed by atoms with Gasteiger partial charge in [0.15, 0.2) is 0 Å². The maximum absolute atomic E-state index is 12.3. The molecule has 8 heteroatoms. The van der Waals surface area contributed by atoms with E-state index >= 15 is 0 Å². The molecule has 0 aromatic heterocycles. The molecule has 2 aromatic carbocycles. The van der Waals surface area contributed by atoms with Crippen molar-refractivity contribution < 1.29 is 13.6 Å². The van der Waals surface area contributed by atoms with Crippen LogP contribution in [-0.4, -0.2) is 11.7 Å². The molecule has 0 atom stereocenters. The van der Waals surface area contributed by atoms with Gasteiger partial charge in [-0.3, -0.25) is 4.79 Å². The highest BCUT2D eigenvalue weighted by Crippen LogP contribution is 2.28. The number of rotatable bonds is 5. The van der Waals surface area contributed by atoms with Crippen LogP contribution in [0.3, 0.4) is 0 Å². The first-order valence-electron chi connectivity index (χ1n) is 6.82. The molecule has 25 heavy (non-hydrogen) atoms. The molecule has 0 fully saturated rings. The number of carbonyl (C=O) groups excluding carboxylic acids is 1. The minimum Gasteiger partial charge on any atom is -0.321 e. The molecule has 0 bridgehead atoms. The van der Waals surface area contributed by atoms with Crippen molar-refractivity contribution in [1.82, 2.24) is 0 Å². The lowest BCUT2D eigenvalue weighted by Gasteiger charge is -2.07. The summed E-state index contributed by atoms with van der Waals surface area (Å²) < 4.78 is 24.6. The average Bonchev–Trinajstić information content (AvgIpc) is 2.56. The summed E-state index contributed by atoms with van der Waals surface area (Å²) in [6.45, 7) is 0. The minimum atomic E-state index is -2.52. The Bertz CT molecular complexity index is 828. The van der Waals surface area contributed by atoms with Gasteiger partial charge in [0.2, 0.25) is 0 Å². The highest BCUT2D eigenvalue weighted by Gasteiger charge is 2.12. The molecule has 0 unspecified atom stereocenters. The highest BCUT2D eigenvalue weighted by molar-refractivity contribution is 7.99. The van der Waals surface area contributed by atoms with E-state index < -0.39 is 11.7 Å². The van der Waals surface area contributed by atoms with Crippen molar-refractivity contribution in [1.29, 1.82) is 5.26 Å². The summed E-state index contributed by atoms with van der Waals surface area (Å²) in [6.07, 6.45) is 1.29. The summed E-state index contributed by atoms with van der Waals surface area (Å²) in [5.74, 6) is -3.18. The molecule has 0 radical (unpaired) electrons. The Morgan fingerprint density at radius 2 is 1.76 bits per heavy atom. The molecule has 0 heterocycles. The second kappa shape index (κ2) is 8.86. The van der Waals surface area contributed by atoms with E-state index in [1.165, 1.54) is 30.3 Å². The summed E-state index contributed by atoms with van der Waals surface area (Å²) >= 11 is 12.4. The topological polar surface area (TPSA) is 52.9 Å². The summed E-state index contributed by atoms with van der Waals surface area (Å²) in [5.41, 5.74) is 0.539. The first kappa shape index (κ1) is 19.3. The summed E-state index contributed by atoms with van der Waals surface area (Å²) in [5, 5.41) is 12.3. The Morgan fingerprint density at radius 3 is 2.28 bits per heavy atom. The number of thioether (sulfide) groups is 1. The zero-order valence-corrected chi connectivity index (χ0v) is 14.8. The molecule has 2 rings (SSSR count). The fraction of sp³-hybridized carbons (Fsp3) is 0.0588. The fourth-order valence-corrected chi connectivity index (χ4v) is 2.87. The van der Waals surface area contributed by atoms with Crippen LogP contribution in [0.1, 0.15) is 5.56 Å². The molecule has 0 saturated heterocycles. The van der Waals surface area contributed by atoms with E-state index in [1.807, 2.05) is 0 Å². The lowest BCUT2D eigenvalue weighted by molar-refractivity contribution is -0.112. The number of carbonyl (C=O) groups is 1. The second-order valence-electron chi connectivity index (χ2n) is 4.66. The molecule has 128 valence electrons. The van der Waals surface area contributed by atoms with Crippen LogP contribution in [0.5, 0.6) is 0 Å². The van der Waals surface area contributed by atoms with Gasteiger partial charge in [-0.1, -0.05) is 41.0 Å². The molecular formula is C17H10Cl2F2N2OS. The zero-order valence-electron chi connectivity index (χ0n) is 12.5. The zero-order chi connectivity index (χ0) is 18.4. The van der Waals surface area contributed by atoms with Crippen LogP contribution in [0.2, 0.25) is 10.0 Å². The van der Waals surface area contributed by atoms with Crippen LogP contribution in [0, 0.1) is 11.3 Å². The maximum Gasteiger partial charge on any atom is 0.288 e. The van der Waals surface area contributed by atoms with Gasteiger partial charge in [0.05, 0.1) is 0 Å². The first-order chi connectivity index (χ1) is 11.9. The third kappa shape index (κ3) is 5.46. The Balaban J connectivity index is 2.18. The van der Waals surface area contributed by atoms with Gasteiger partial charge in [-0.2, -0.15) is 14.0 Å². The summed E-state index contributed by atoms with van der Waals surface area (Å²) in [4.78, 5) is 12.6. The first-order valence-corrected chi connectivity index (χ1v) is 8.46. The molecular weight excluding hydrogens is 389 g/mol. The number of nitrogens with one attached hydrogen (secondary N) is 1. The van der Waals surface area contributed by atoms with Gasteiger partial charge in [0.25, 0.3) is 11.7 Å². The number of amides is 1. The quantitative estimate of drug-likeness (QED) is 0.390. The molecule has 0 aliphatic heterocycles. The third-order valence-electron chi connectivity index (χ3n) is 2.99. The molecule has 0 saturated carbocycles. The highest BCUT2D eigenvalue weighted by atomic mass is 35.5. The van der Waals surface area contributed by atoms with Crippen LogP contribution >= 0.6 is 35.0 Å². The van der Waals surface area contributed by atoms with Crippen LogP contribution in [0.4, 0.5) is 14.5 Å². The number of halogens is 4. The van der Waals surface area contributed by atoms with E-state index in [4.69, 9.17) is 23.2 Å². The lowest BCUT2D eigenvalue weighted by atomic mass is 10.1. The Kier molecular flexibility index (Phi) is 6.82. The van der Waals surface area contributed by atoms with Gasteiger partial charge in [-0.15, -0.1) is 0 Å². The maximum atomic E-state index is 12.3. The Morgan fingerprint density at radius 1 is 1.16 bits per heavy atom. The number of nitriles is 1. The standard InChI is InChI=1S/C17H10Cl2F2N2OS/c18-14-2-1-3-15(19)13(14)8-10(9-22)16(24)23-11-4-6-12(7-5-11)25-17(20)21/h1-8,17H,(H,23,24)/b10-8+. The molecule has 0 aliphatic rings. The summed E-state index contributed by atoms with van der Waals surface area (Å²) in [7, 11) is 0. The van der Waals surface area contributed by atoms with E-state index in [1.54, 1.807) is 24.3 Å². The predicted octanol–water partition coefficient (Wildman–Crippen LogP) is 5.85. The Hall–Kier alpha value is -2.07. The van der Waals surface area contributed by atoms with E-state index in [2.05, 4.69) is 5.32 Å². The molecule has 1 N–H and O–H groups in total. The monoisotopic (exact) mass is 398 g/mol. The van der Waals surface area contributed by atoms with Gasteiger partial charge < -0.3 is 5.32 Å².